The van der Waals surface area contributed by atoms with Crippen LogP contribution in [0.15, 0.2) is 53.7 Å². The molecule has 0 spiro atoms. The molecule has 3 aromatic rings. The minimum atomic E-state index is -4.03. The first-order valence-corrected chi connectivity index (χ1v) is 9.54. The molecule has 0 aliphatic carbocycles. The van der Waals surface area contributed by atoms with Crippen LogP contribution < -0.4 is 4.72 Å². The Kier molecular flexibility index (Phi) is 4.71. The number of para-hydroxylation sites is 1. The zero-order chi connectivity index (χ0) is 19.8. The second kappa shape index (κ2) is 6.84. The monoisotopic (exact) mass is 386 g/mol. The third-order valence-electron chi connectivity index (χ3n) is 4.20. The molecule has 0 bridgehead atoms. The van der Waals surface area contributed by atoms with Crippen molar-refractivity contribution in [1.82, 2.24) is 9.78 Å². The maximum atomic E-state index is 13.0. The molecule has 1 aromatic heterocycles. The molecule has 140 valence electrons. The molecule has 0 radical (unpaired) electrons. The summed E-state index contributed by atoms with van der Waals surface area (Å²) in [6.07, 6.45) is 3.42. The predicted molar refractivity (Wildman–Crippen MR) is 102 cm³/mol. The number of benzene rings is 2. The summed E-state index contributed by atoms with van der Waals surface area (Å²) in [6.45, 7) is 3.29. The standard InChI is InChI=1S/C18H18N4O4S/c1-12-7-8-14(15-10-19-21(3)11-15)9-17(12)27(25,26)20-18-13(2)5-4-6-16(18)22(23)24/h4-11,20H,1-3H3. The lowest BCUT2D eigenvalue weighted by Gasteiger charge is -2.13. The number of anilines is 1. The van der Waals surface area contributed by atoms with E-state index in [0.29, 0.717) is 16.7 Å². The predicted octanol–water partition coefficient (Wildman–Crippen LogP) is 3.41. The molecule has 0 atom stereocenters. The number of rotatable bonds is 5. The van der Waals surface area contributed by atoms with Crippen LogP contribution in [-0.2, 0) is 17.1 Å². The minimum absolute atomic E-state index is 0.0336. The molecule has 0 saturated heterocycles. The normalized spacial score (nSPS) is 11.4. The van der Waals surface area contributed by atoms with Gasteiger partial charge in [0.05, 0.1) is 16.0 Å². The Bertz CT molecular complexity index is 1140. The average molecular weight is 386 g/mol. The topological polar surface area (TPSA) is 107 Å². The largest absolute Gasteiger partial charge is 0.293 e. The van der Waals surface area contributed by atoms with Gasteiger partial charge >= 0.3 is 0 Å². The molecular weight excluding hydrogens is 368 g/mol. The van der Waals surface area contributed by atoms with Crippen LogP contribution in [0.4, 0.5) is 11.4 Å². The number of nitrogens with one attached hydrogen (secondary N) is 1. The molecule has 8 nitrogen and oxygen atoms in total. The summed E-state index contributed by atoms with van der Waals surface area (Å²) in [5, 5.41) is 15.4. The maximum Gasteiger partial charge on any atom is 0.293 e. The van der Waals surface area contributed by atoms with Crippen molar-refractivity contribution < 1.29 is 13.3 Å². The molecule has 27 heavy (non-hydrogen) atoms. The Morgan fingerprint density at radius 3 is 2.48 bits per heavy atom. The highest BCUT2D eigenvalue weighted by molar-refractivity contribution is 7.92. The zero-order valence-electron chi connectivity index (χ0n) is 15.0. The Morgan fingerprint density at radius 1 is 1.11 bits per heavy atom. The number of hydrogen-bond acceptors (Lipinski definition) is 5. The van der Waals surface area contributed by atoms with Gasteiger partial charge in [0, 0.05) is 24.9 Å². The van der Waals surface area contributed by atoms with Gasteiger partial charge in [-0.15, -0.1) is 0 Å². The van der Waals surface area contributed by atoms with Gasteiger partial charge in [0.1, 0.15) is 5.69 Å². The summed E-state index contributed by atoms with van der Waals surface area (Å²) in [5.41, 5.74) is 2.14. The molecule has 0 fully saturated rings. The first-order valence-electron chi connectivity index (χ1n) is 8.05. The highest BCUT2D eigenvalue weighted by Crippen LogP contribution is 2.32. The minimum Gasteiger partial charge on any atom is -0.275 e. The summed E-state index contributed by atoms with van der Waals surface area (Å²) in [6, 6.07) is 9.44. The van der Waals surface area contributed by atoms with E-state index < -0.39 is 14.9 Å². The fraction of sp³-hybridized carbons (Fsp3) is 0.167. The van der Waals surface area contributed by atoms with Gasteiger partial charge in [0.2, 0.25) is 0 Å². The SMILES string of the molecule is Cc1ccc(-c2cnn(C)c2)cc1S(=O)(=O)Nc1c(C)cccc1[N+](=O)[O-]. The fourth-order valence-corrected chi connectivity index (χ4v) is 4.18. The van der Waals surface area contributed by atoms with Crippen molar-refractivity contribution in [3.63, 3.8) is 0 Å². The Labute approximate surface area is 156 Å². The van der Waals surface area contributed by atoms with Crippen molar-refractivity contribution in [2.45, 2.75) is 18.7 Å². The lowest BCUT2D eigenvalue weighted by atomic mass is 10.1. The Balaban J connectivity index is 2.07. The number of nitro benzene ring substituents is 1. The summed E-state index contributed by atoms with van der Waals surface area (Å²) in [5.74, 6) is 0. The van der Waals surface area contributed by atoms with Crippen LogP contribution in [0.3, 0.4) is 0 Å². The summed E-state index contributed by atoms with van der Waals surface area (Å²) in [4.78, 5) is 10.7. The zero-order valence-corrected chi connectivity index (χ0v) is 15.8. The van der Waals surface area contributed by atoms with Crippen molar-refractivity contribution in [2.24, 2.45) is 7.05 Å². The van der Waals surface area contributed by atoms with Crippen LogP contribution >= 0.6 is 0 Å². The van der Waals surface area contributed by atoms with Crippen LogP contribution in [0.25, 0.3) is 11.1 Å². The van der Waals surface area contributed by atoms with E-state index in [-0.39, 0.29) is 16.3 Å². The van der Waals surface area contributed by atoms with Crippen LogP contribution in [-0.4, -0.2) is 23.1 Å². The second-order valence-electron chi connectivity index (χ2n) is 6.21. The molecule has 9 heteroatoms. The number of sulfonamides is 1. The van der Waals surface area contributed by atoms with Gasteiger partial charge in [-0.1, -0.05) is 24.3 Å². The van der Waals surface area contributed by atoms with Gasteiger partial charge in [0.25, 0.3) is 15.7 Å². The van der Waals surface area contributed by atoms with Crippen molar-refractivity contribution in [1.29, 1.82) is 0 Å². The third kappa shape index (κ3) is 3.68. The lowest BCUT2D eigenvalue weighted by Crippen LogP contribution is -2.16. The quantitative estimate of drug-likeness (QED) is 0.534. The van der Waals surface area contributed by atoms with Gasteiger partial charge < -0.3 is 0 Å². The van der Waals surface area contributed by atoms with E-state index in [1.807, 2.05) is 6.07 Å². The molecule has 0 unspecified atom stereocenters. The Morgan fingerprint density at radius 2 is 1.85 bits per heavy atom. The van der Waals surface area contributed by atoms with E-state index in [4.69, 9.17) is 0 Å². The number of aryl methyl sites for hydroxylation is 3. The smallest absolute Gasteiger partial charge is 0.275 e. The summed E-state index contributed by atoms with van der Waals surface area (Å²) < 4.78 is 30.0. The lowest BCUT2D eigenvalue weighted by molar-refractivity contribution is -0.383. The van der Waals surface area contributed by atoms with Gasteiger partial charge in [-0.2, -0.15) is 5.10 Å². The number of aromatic nitrogens is 2. The number of nitro groups is 1. The van der Waals surface area contributed by atoms with Crippen LogP contribution in [0, 0.1) is 24.0 Å². The van der Waals surface area contributed by atoms with E-state index >= 15 is 0 Å². The van der Waals surface area contributed by atoms with Gasteiger partial charge in [-0.3, -0.25) is 19.5 Å². The van der Waals surface area contributed by atoms with Crippen molar-refractivity contribution >= 4 is 21.4 Å². The molecule has 0 aliphatic rings. The number of hydrogen-bond donors (Lipinski definition) is 1. The van der Waals surface area contributed by atoms with E-state index in [1.165, 1.54) is 12.1 Å². The second-order valence-corrected chi connectivity index (χ2v) is 7.87. The average Bonchev–Trinajstić information content (AvgIpc) is 3.03. The van der Waals surface area contributed by atoms with E-state index in [1.54, 1.807) is 56.2 Å². The maximum absolute atomic E-state index is 13.0. The first-order chi connectivity index (χ1) is 12.7. The fourth-order valence-electron chi connectivity index (χ4n) is 2.77. The molecule has 0 aliphatic heterocycles. The van der Waals surface area contributed by atoms with E-state index in [0.717, 1.165) is 5.56 Å². The summed E-state index contributed by atoms with van der Waals surface area (Å²) >= 11 is 0. The first kappa shape index (κ1) is 18.6. The molecule has 0 amide bonds. The molecule has 2 aromatic carbocycles. The third-order valence-corrected chi connectivity index (χ3v) is 5.69. The van der Waals surface area contributed by atoms with Crippen LogP contribution in [0.2, 0.25) is 0 Å². The highest BCUT2D eigenvalue weighted by atomic mass is 32.2. The molecule has 1 N–H and O–H groups in total. The molecule has 0 saturated carbocycles. The van der Waals surface area contributed by atoms with Crippen molar-refractivity contribution in [3.8, 4) is 11.1 Å². The van der Waals surface area contributed by atoms with Gasteiger partial charge in [0.15, 0.2) is 0 Å². The molecular formula is C18H18N4O4S. The molecule has 3 rings (SSSR count). The number of nitrogens with zero attached hydrogens (tertiary/aromatic N) is 3. The van der Waals surface area contributed by atoms with Crippen LogP contribution in [0.5, 0.6) is 0 Å². The Hall–Kier alpha value is -3.20. The highest BCUT2D eigenvalue weighted by Gasteiger charge is 2.24. The van der Waals surface area contributed by atoms with Gasteiger partial charge in [-0.05, 0) is 36.6 Å². The van der Waals surface area contributed by atoms with Gasteiger partial charge in [-0.25, -0.2) is 8.42 Å². The summed E-state index contributed by atoms with van der Waals surface area (Å²) in [7, 11) is -2.26. The van der Waals surface area contributed by atoms with Crippen molar-refractivity contribution in [3.05, 3.63) is 70.0 Å². The van der Waals surface area contributed by atoms with E-state index in [2.05, 4.69) is 9.82 Å². The molecule has 1 heterocycles. The van der Waals surface area contributed by atoms with Crippen molar-refractivity contribution in [2.75, 3.05) is 4.72 Å². The van der Waals surface area contributed by atoms with Crippen LogP contribution in [0.1, 0.15) is 11.1 Å². The van der Waals surface area contributed by atoms with E-state index in [9.17, 15) is 18.5 Å².